The van der Waals surface area contributed by atoms with Crippen molar-refractivity contribution in [3.8, 4) is 0 Å². The second-order valence-corrected chi connectivity index (χ2v) is 10.8. The van der Waals surface area contributed by atoms with Gasteiger partial charge >= 0.3 is 15.6 Å². The second kappa shape index (κ2) is 7.55. The number of carbonyl (C=O) groups is 1. The van der Waals surface area contributed by atoms with Crippen molar-refractivity contribution >= 4 is 16.4 Å². The molecule has 166 valence electrons. The van der Waals surface area contributed by atoms with E-state index in [1.807, 2.05) is 6.92 Å². The first kappa shape index (κ1) is 22.6. The van der Waals surface area contributed by atoms with Gasteiger partial charge in [-0.05, 0) is 82.9 Å². The van der Waals surface area contributed by atoms with Gasteiger partial charge in [-0.15, -0.1) is 0 Å². The number of halogens is 3. The van der Waals surface area contributed by atoms with E-state index >= 15 is 0 Å². The van der Waals surface area contributed by atoms with E-state index in [1.165, 1.54) is 6.08 Å². The van der Waals surface area contributed by atoms with Gasteiger partial charge in [0, 0.05) is 17.4 Å². The number of aldehydes is 1. The number of fused-ring (bicyclic) bond motifs is 1. The van der Waals surface area contributed by atoms with Crippen molar-refractivity contribution in [3.05, 3.63) is 11.8 Å². The molecule has 29 heavy (non-hydrogen) atoms. The molecule has 0 spiro atoms. The van der Waals surface area contributed by atoms with Gasteiger partial charge in [0.25, 0.3) is 0 Å². The van der Waals surface area contributed by atoms with Crippen LogP contribution in [-0.4, -0.2) is 44.2 Å². The van der Waals surface area contributed by atoms with E-state index in [2.05, 4.69) is 23.1 Å². The summed E-state index contributed by atoms with van der Waals surface area (Å²) in [6.07, 6.45) is 7.42. The van der Waals surface area contributed by atoms with Crippen molar-refractivity contribution in [1.82, 2.24) is 4.90 Å². The number of carbonyl (C=O) groups excluding carboxylic acids is 1. The fourth-order valence-corrected chi connectivity index (χ4v) is 6.72. The maximum absolute atomic E-state index is 12.9. The second-order valence-electron chi connectivity index (χ2n) is 9.25. The number of likely N-dealkylation sites (tertiary alicyclic amines) is 1. The molecule has 0 aromatic carbocycles. The third-order valence-electron chi connectivity index (χ3n) is 7.89. The summed E-state index contributed by atoms with van der Waals surface area (Å²) < 4.78 is 66.4. The van der Waals surface area contributed by atoms with Crippen molar-refractivity contribution in [2.75, 3.05) is 13.6 Å². The molecule has 0 aromatic heterocycles. The number of alkyl halides is 3. The van der Waals surface area contributed by atoms with Crippen LogP contribution < -0.4 is 0 Å². The Morgan fingerprint density at radius 3 is 2.52 bits per heavy atom. The maximum Gasteiger partial charge on any atom is 0.534 e. The SMILES string of the molecule is CN1CCCC1(C)C1CCC2(C)C(OS(=O)(=O)C(F)(F)F)=CCC2C1CCC=O. The Morgan fingerprint density at radius 2 is 1.97 bits per heavy atom. The van der Waals surface area contributed by atoms with Gasteiger partial charge in [0.05, 0.1) is 0 Å². The van der Waals surface area contributed by atoms with E-state index in [-0.39, 0.29) is 23.1 Å². The van der Waals surface area contributed by atoms with Gasteiger partial charge in [-0.1, -0.05) is 6.92 Å². The zero-order valence-corrected chi connectivity index (χ0v) is 18.0. The van der Waals surface area contributed by atoms with Crippen LogP contribution in [-0.2, 0) is 19.1 Å². The Hall–Kier alpha value is -1.09. The van der Waals surface area contributed by atoms with E-state index in [4.69, 9.17) is 0 Å². The quantitative estimate of drug-likeness (QED) is 0.353. The van der Waals surface area contributed by atoms with Crippen LogP contribution in [0.5, 0.6) is 0 Å². The summed E-state index contributed by atoms with van der Waals surface area (Å²) in [4.78, 5) is 13.5. The molecule has 1 saturated carbocycles. The van der Waals surface area contributed by atoms with Crippen LogP contribution >= 0.6 is 0 Å². The van der Waals surface area contributed by atoms with Gasteiger partial charge in [0.15, 0.2) is 0 Å². The lowest BCUT2D eigenvalue weighted by molar-refractivity contribution is -0.109. The molecular weight excluding hydrogens is 407 g/mol. The minimum absolute atomic E-state index is 0.0173. The normalized spacial score (nSPS) is 38.6. The molecule has 3 aliphatic rings. The molecule has 3 rings (SSSR count). The Kier molecular flexibility index (Phi) is 5.88. The lowest BCUT2D eigenvalue weighted by Crippen LogP contribution is -2.53. The first-order valence-corrected chi connectivity index (χ1v) is 11.6. The molecule has 0 bridgehead atoms. The molecule has 5 nitrogen and oxygen atoms in total. The largest absolute Gasteiger partial charge is 0.534 e. The van der Waals surface area contributed by atoms with Crippen LogP contribution in [0.1, 0.15) is 58.8 Å². The Morgan fingerprint density at radius 1 is 1.28 bits per heavy atom. The standard InChI is InChI=1S/C20H30F3NO4S/c1-18-11-9-16(19(2)10-5-12-24(19)3)14(6-4-13-25)15(18)7-8-17(18)28-29(26,27)20(21,22)23/h8,13-16H,4-7,9-12H2,1-3H3. The van der Waals surface area contributed by atoms with E-state index in [1.54, 1.807) is 0 Å². The summed E-state index contributed by atoms with van der Waals surface area (Å²) in [5, 5.41) is 0. The first-order chi connectivity index (χ1) is 13.4. The van der Waals surface area contributed by atoms with Crippen molar-refractivity contribution in [1.29, 1.82) is 0 Å². The van der Waals surface area contributed by atoms with Crippen LogP contribution in [0.3, 0.4) is 0 Å². The molecule has 1 saturated heterocycles. The maximum atomic E-state index is 12.9. The molecule has 0 aromatic rings. The van der Waals surface area contributed by atoms with Crippen molar-refractivity contribution in [3.63, 3.8) is 0 Å². The molecule has 1 aliphatic heterocycles. The van der Waals surface area contributed by atoms with E-state index in [0.29, 0.717) is 31.6 Å². The monoisotopic (exact) mass is 437 g/mol. The Labute approximate surface area is 170 Å². The predicted molar refractivity (Wildman–Crippen MR) is 102 cm³/mol. The molecule has 0 amide bonds. The lowest BCUT2D eigenvalue weighted by atomic mass is 9.54. The fraction of sp³-hybridized carbons (Fsp3) is 0.850. The van der Waals surface area contributed by atoms with E-state index < -0.39 is 21.0 Å². The third kappa shape index (κ3) is 3.73. The zero-order valence-electron chi connectivity index (χ0n) is 17.2. The number of rotatable bonds is 6. The molecule has 2 fully saturated rings. The van der Waals surface area contributed by atoms with Gasteiger partial charge in [0.2, 0.25) is 0 Å². The van der Waals surface area contributed by atoms with Gasteiger partial charge in [0.1, 0.15) is 12.0 Å². The number of hydrogen-bond acceptors (Lipinski definition) is 5. The highest BCUT2D eigenvalue weighted by atomic mass is 32.2. The van der Waals surface area contributed by atoms with E-state index in [0.717, 1.165) is 32.1 Å². The molecule has 1 heterocycles. The molecule has 0 radical (unpaired) electrons. The minimum atomic E-state index is -5.69. The summed E-state index contributed by atoms with van der Waals surface area (Å²) in [5.41, 5.74) is -6.23. The summed E-state index contributed by atoms with van der Waals surface area (Å²) in [6, 6.07) is 0. The van der Waals surface area contributed by atoms with Crippen LogP contribution in [0.2, 0.25) is 0 Å². The first-order valence-electron chi connectivity index (χ1n) is 10.2. The average molecular weight is 438 g/mol. The van der Waals surface area contributed by atoms with Crippen LogP contribution in [0, 0.1) is 23.2 Å². The molecule has 5 unspecified atom stereocenters. The number of allylic oxidation sites excluding steroid dienone is 2. The number of hydrogen-bond donors (Lipinski definition) is 0. The van der Waals surface area contributed by atoms with Gasteiger partial charge in [-0.2, -0.15) is 21.6 Å². The highest BCUT2D eigenvalue weighted by molar-refractivity contribution is 7.87. The van der Waals surface area contributed by atoms with Crippen molar-refractivity contribution in [2.24, 2.45) is 23.2 Å². The molecule has 2 aliphatic carbocycles. The van der Waals surface area contributed by atoms with Crippen molar-refractivity contribution < 1.29 is 30.6 Å². The molecule has 5 atom stereocenters. The third-order valence-corrected chi connectivity index (χ3v) is 8.86. The van der Waals surface area contributed by atoms with Gasteiger partial charge < -0.3 is 13.9 Å². The highest BCUT2D eigenvalue weighted by Gasteiger charge is 2.58. The topological polar surface area (TPSA) is 63.7 Å². The summed E-state index contributed by atoms with van der Waals surface area (Å²) in [7, 11) is -3.58. The highest BCUT2D eigenvalue weighted by Crippen LogP contribution is 2.61. The summed E-state index contributed by atoms with van der Waals surface area (Å²) in [6.45, 7) is 5.06. The van der Waals surface area contributed by atoms with Crippen molar-refractivity contribution in [2.45, 2.75) is 69.8 Å². The average Bonchev–Trinajstić information content (AvgIpc) is 3.12. The summed E-state index contributed by atoms with van der Waals surface area (Å²) >= 11 is 0. The van der Waals surface area contributed by atoms with Gasteiger partial charge in [-0.25, -0.2) is 0 Å². The van der Waals surface area contributed by atoms with Crippen LogP contribution in [0.15, 0.2) is 11.8 Å². The minimum Gasteiger partial charge on any atom is -0.380 e. The van der Waals surface area contributed by atoms with Crippen LogP contribution in [0.25, 0.3) is 0 Å². The fourth-order valence-electron chi connectivity index (χ4n) is 6.13. The predicted octanol–water partition coefficient (Wildman–Crippen LogP) is 4.25. The lowest BCUT2D eigenvalue weighted by Gasteiger charge is -2.53. The summed E-state index contributed by atoms with van der Waals surface area (Å²) in [5.74, 6) is 0.306. The zero-order chi connectivity index (χ0) is 21.7. The molecule has 9 heteroatoms. The number of nitrogens with zero attached hydrogens (tertiary/aromatic N) is 1. The van der Waals surface area contributed by atoms with Gasteiger partial charge in [-0.3, -0.25) is 0 Å². The van der Waals surface area contributed by atoms with E-state index in [9.17, 15) is 26.4 Å². The Bertz CT molecular complexity index is 781. The van der Waals surface area contributed by atoms with Crippen LogP contribution in [0.4, 0.5) is 13.2 Å². The molecule has 0 N–H and O–H groups in total. The Balaban J connectivity index is 1.89. The molecular formula is C20H30F3NO4S. The smallest absolute Gasteiger partial charge is 0.380 e.